The van der Waals surface area contributed by atoms with Gasteiger partial charge >= 0.3 is 0 Å². The van der Waals surface area contributed by atoms with E-state index in [1.807, 2.05) is 61.5 Å². The van der Waals surface area contributed by atoms with Crippen LogP contribution in [0.15, 0.2) is 96.9 Å². The first kappa shape index (κ1) is 28.2. The van der Waals surface area contributed by atoms with Gasteiger partial charge in [0.15, 0.2) is 5.13 Å². The molecule has 2 heterocycles. The summed E-state index contributed by atoms with van der Waals surface area (Å²) in [6.07, 6.45) is 5.55. The van der Waals surface area contributed by atoms with Crippen molar-refractivity contribution in [3.63, 3.8) is 0 Å². The molecule has 8 nitrogen and oxygen atoms in total. The highest BCUT2D eigenvalue weighted by Crippen LogP contribution is 2.27. The first-order valence-corrected chi connectivity index (χ1v) is 14.3. The molecule has 0 N–H and O–H groups in total. The molecule has 5 aromatic rings. The Morgan fingerprint density at radius 3 is 2.44 bits per heavy atom. The van der Waals surface area contributed by atoms with Gasteiger partial charge in [0.1, 0.15) is 18.1 Å². The van der Waals surface area contributed by atoms with Crippen LogP contribution in [0.4, 0.5) is 10.8 Å². The van der Waals surface area contributed by atoms with E-state index in [4.69, 9.17) is 19.2 Å². The Bertz CT molecular complexity index is 1520. The molecule has 0 atom stereocenters. The molecule has 0 fully saturated rings. The maximum Gasteiger partial charge on any atom is 0.186 e. The molecular formula is C32H35N5O3S. The minimum absolute atomic E-state index is 0.431. The van der Waals surface area contributed by atoms with Crippen molar-refractivity contribution in [3.05, 3.63) is 114 Å². The number of aromatic nitrogens is 3. The predicted octanol–water partition coefficient (Wildman–Crippen LogP) is 6.21. The Kier molecular flexibility index (Phi) is 9.51. The van der Waals surface area contributed by atoms with Crippen LogP contribution in [0.2, 0.25) is 0 Å². The second kappa shape index (κ2) is 13.8. The number of methoxy groups -OCH3 is 1. The molecule has 0 saturated carbocycles. The van der Waals surface area contributed by atoms with Gasteiger partial charge in [0.25, 0.3) is 0 Å². The molecule has 0 unspecified atom stereocenters. The highest BCUT2D eigenvalue weighted by Gasteiger charge is 2.14. The minimum Gasteiger partial charge on any atom is -0.497 e. The summed E-state index contributed by atoms with van der Waals surface area (Å²) in [7, 11) is 5.72. The Hall–Kier alpha value is -4.34. The maximum absolute atomic E-state index is 5.90. The summed E-state index contributed by atoms with van der Waals surface area (Å²) in [5.74, 6) is 1.68. The summed E-state index contributed by atoms with van der Waals surface area (Å²) in [5.41, 5.74) is 5.42. The van der Waals surface area contributed by atoms with Crippen LogP contribution in [0, 0.1) is 0 Å². The molecule has 0 aliphatic rings. The molecule has 212 valence electrons. The lowest BCUT2D eigenvalue weighted by atomic mass is 10.1. The van der Waals surface area contributed by atoms with E-state index in [1.165, 1.54) is 5.56 Å². The average molecular weight is 570 g/mol. The highest BCUT2D eigenvalue weighted by atomic mass is 32.1. The highest BCUT2D eigenvalue weighted by molar-refractivity contribution is 7.13. The van der Waals surface area contributed by atoms with Crippen molar-refractivity contribution in [1.29, 1.82) is 0 Å². The lowest BCUT2D eigenvalue weighted by Gasteiger charge is -2.23. The minimum atomic E-state index is 0.431. The van der Waals surface area contributed by atoms with E-state index in [9.17, 15) is 0 Å². The number of thiazole rings is 1. The number of hydrogen-bond donors (Lipinski definition) is 0. The number of rotatable bonds is 14. The van der Waals surface area contributed by atoms with Crippen LogP contribution >= 0.6 is 11.3 Å². The fraction of sp³-hybridized carbons (Fsp3) is 0.250. The van der Waals surface area contributed by atoms with Crippen LogP contribution in [-0.2, 0) is 24.4 Å². The summed E-state index contributed by atoms with van der Waals surface area (Å²) >= 11 is 1.63. The van der Waals surface area contributed by atoms with Gasteiger partial charge < -0.3 is 28.6 Å². The third-order valence-corrected chi connectivity index (χ3v) is 7.43. The van der Waals surface area contributed by atoms with Crippen molar-refractivity contribution in [1.82, 2.24) is 14.5 Å². The second-order valence-electron chi connectivity index (χ2n) is 9.76. The van der Waals surface area contributed by atoms with Crippen LogP contribution in [0.1, 0.15) is 16.8 Å². The van der Waals surface area contributed by atoms with E-state index in [2.05, 4.69) is 62.6 Å². The first-order valence-electron chi connectivity index (χ1n) is 13.4. The van der Waals surface area contributed by atoms with Gasteiger partial charge in [-0.1, -0.05) is 30.3 Å². The molecule has 2 aromatic heterocycles. The van der Waals surface area contributed by atoms with E-state index >= 15 is 0 Å². The molecule has 5 rings (SSSR count). The van der Waals surface area contributed by atoms with E-state index in [0.717, 1.165) is 39.3 Å². The summed E-state index contributed by atoms with van der Waals surface area (Å²) < 4.78 is 19.2. The van der Waals surface area contributed by atoms with Crippen molar-refractivity contribution in [2.45, 2.75) is 19.7 Å². The number of benzene rings is 3. The summed E-state index contributed by atoms with van der Waals surface area (Å²) in [6.45, 7) is 2.78. The summed E-state index contributed by atoms with van der Waals surface area (Å²) in [6, 6.07) is 24.7. The zero-order chi connectivity index (χ0) is 28.4. The van der Waals surface area contributed by atoms with Gasteiger partial charge in [0.05, 0.1) is 32.3 Å². The van der Waals surface area contributed by atoms with E-state index in [-0.39, 0.29) is 0 Å². The predicted molar refractivity (Wildman–Crippen MR) is 164 cm³/mol. The third kappa shape index (κ3) is 7.87. The van der Waals surface area contributed by atoms with Crippen LogP contribution in [0.3, 0.4) is 0 Å². The van der Waals surface area contributed by atoms with E-state index in [0.29, 0.717) is 32.9 Å². The Morgan fingerprint density at radius 2 is 1.66 bits per heavy atom. The number of ether oxygens (including phenoxy) is 3. The fourth-order valence-electron chi connectivity index (χ4n) is 4.38. The SMILES string of the molecule is COc1cccc(CN(Cc2cccc(-n3ccnc3)c2)c2nc(COCCOc3cccc(N(C)C)c3)cs2)c1. The van der Waals surface area contributed by atoms with Gasteiger partial charge in [-0.15, -0.1) is 11.3 Å². The molecule has 0 radical (unpaired) electrons. The molecule has 9 heteroatoms. The monoisotopic (exact) mass is 569 g/mol. The van der Waals surface area contributed by atoms with Crippen molar-refractivity contribution < 1.29 is 14.2 Å². The molecule has 3 aromatic carbocycles. The molecular weight excluding hydrogens is 534 g/mol. The van der Waals surface area contributed by atoms with Crippen molar-refractivity contribution in [2.24, 2.45) is 0 Å². The second-order valence-corrected chi connectivity index (χ2v) is 10.6. The Labute approximate surface area is 245 Å². The smallest absolute Gasteiger partial charge is 0.186 e. The normalized spacial score (nSPS) is 10.9. The molecule has 0 aliphatic heterocycles. The van der Waals surface area contributed by atoms with Crippen LogP contribution in [0.5, 0.6) is 11.5 Å². The van der Waals surface area contributed by atoms with E-state index in [1.54, 1.807) is 24.6 Å². The number of anilines is 2. The standard InChI is InChI=1S/C32H35N5O3S/c1-35(2)28-9-6-12-31(19-28)40-16-15-39-22-27-23-41-32(34-27)37(21-26-8-5-11-30(18-26)38-3)20-25-7-4-10-29(17-25)36-14-13-33-24-36/h4-14,17-19,23-24H,15-16,20-22H2,1-3H3. The molecule has 41 heavy (non-hydrogen) atoms. The van der Waals surface area contributed by atoms with Crippen LogP contribution in [-0.4, -0.2) is 49.0 Å². The van der Waals surface area contributed by atoms with Crippen LogP contribution < -0.4 is 19.3 Å². The van der Waals surface area contributed by atoms with Gasteiger partial charge in [0.2, 0.25) is 0 Å². The molecule has 0 aliphatic carbocycles. The number of nitrogens with zero attached hydrogens (tertiary/aromatic N) is 5. The van der Waals surface area contributed by atoms with Crippen molar-refractivity contribution in [3.8, 4) is 17.2 Å². The Morgan fingerprint density at radius 1 is 0.878 bits per heavy atom. The van der Waals surface area contributed by atoms with Gasteiger partial charge in [0, 0.05) is 62.4 Å². The zero-order valence-corrected chi connectivity index (χ0v) is 24.5. The lowest BCUT2D eigenvalue weighted by molar-refractivity contribution is 0.0873. The largest absolute Gasteiger partial charge is 0.497 e. The maximum atomic E-state index is 5.90. The van der Waals surface area contributed by atoms with Crippen LogP contribution in [0.25, 0.3) is 5.69 Å². The average Bonchev–Trinajstić information content (AvgIpc) is 3.70. The quantitative estimate of drug-likeness (QED) is 0.147. The number of imidazole rings is 1. The molecule has 0 amide bonds. The third-order valence-electron chi connectivity index (χ3n) is 6.48. The van der Waals surface area contributed by atoms with Gasteiger partial charge in [-0.2, -0.15) is 0 Å². The van der Waals surface area contributed by atoms with Gasteiger partial charge in [-0.25, -0.2) is 9.97 Å². The molecule has 0 saturated heterocycles. The summed E-state index contributed by atoms with van der Waals surface area (Å²) in [5, 5.41) is 3.01. The van der Waals surface area contributed by atoms with Gasteiger partial charge in [-0.3, -0.25) is 0 Å². The number of hydrogen-bond acceptors (Lipinski definition) is 8. The molecule has 0 spiro atoms. The van der Waals surface area contributed by atoms with E-state index < -0.39 is 0 Å². The zero-order valence-electron chi connectivity index (χ0n) is 23.6. The molecule has 0 bridgehead atoms. The summed E-state index contributed by atoms with van der Waals surface area (Å²) in [4.78, 5) is 13.5. The topological polar surface area (TPSA) is 64.9 Å². The van der Waals surface area contributed by atoms with Crippen molar-refractivity contribution in [2.75, 3.05) is 44.2 Å². The fourth-order valence-corrected chi connectivity index (χ4v) is 5.19. The van der Waals surface area contributed by atoms with Gasteiger partial charge in [-0.05, 0) is 47.5 Å². The Balaban J connectivity index is 1.23. The lowest BCUT2D eigenvalue weighted by Crippen LogP contribution is -2.22. The van der Waals surface area contributed by atoms with Crippen molar-refractivity contribution >= 4 is 22.2 Å². The first-order chi connectivity index (χ1) is 20.1.